The molecule has 0 fully saturated rings. The molecule has 2 aromatic rings. The van der Waals surface area contributed by atoms with Crippen LogP contribution in [-0.4, -0.2) is 18.6 Å². The molecule has 0 amide bonds. The van der Waals surface area contributed by atoms with Crippen molar-refractivity contribution < 1.29 is 4.74 Å². The fourth-order valence-electron chi connectivity index (χ4n) is 2.10. The number of methoxy groups -OCH3 is 1. The molecule has 0 radical (unpaired) electrons. The Balaban J connectivity index is 2.47. The summed E-state index contributed by atoms with van der Waals surface area (Å²) in [6.07, 6.45) is 3.46. The molecule has 0 aliphatic carbocycles. The molecule has 0 aliphatic heterocycles. The normalized spacial score (nSPS) is 12.2. The maximum absolute atomic E-state index is 6.12. The summed E-state index contributed by atoms with van der Waals surface area (Å²) in [4.78, 5) is 4.08. The van der Waals surface area contributed by atoms with Crippen LogP contribution in [0.5, 0.6) is 5.75 Å². The molecule has 1 heterocycles. The van der Waals surface area contributed by atoms with Crippen molar-refractivity contribution in [3.8, 4) is 5.75 Å². The fraction of sp³-hybridized carbons (Fsp3) is 0.267. The van der Waals surface area contributed by atoms with E-state index in [0.717, 1.165) is 23.4 Å². The largest absolute Gasteiger partial charge is 0.495 e. The van der Waals surface area contributed by atoms with E-state index in [-0.39, 0.29) is 6.04 Å². The van der Waals surface area contributed by atoms with Gasteiger partial charge >= 0.3 is 0 Å². The summed E-state index contributed by atoms with van der Waals surface area (Å²) in [5.41, 5.74) is 2.05. The molecule has 1 N–H and O–H groups in total. The van der Waals surface area contributed by atoms with Crippen molar-refractivity contribution in [3.63, 3.8) is 0 Å². The number of ether oxygens (including phenoxy) is 1. The summed E-state index contributed by atoms with van der Waals surface area (Å²) in [5, 5.41) is 4.52. The van der Waals surface area contributed by atoms with Crippen LogP contribution in [-0.2, 0) is 0 Å². The minimum Gasteiger partial charge on any atom is -0.495 e. The lowest BCUT2D eigenvalue weighted by Crippen LogP contribution is -2.22. The second kappa shape index (κ2) is 6.93. The number of nitrogens with zero attached hydrogens (tertiary/aromatic N) is 1. The summed E-state index contributed by atoms with van der Waals surface area (Å²) < 4.78 is 5.39. The van der Waals surface area contributed by atoms with Crippen LogP contribution in [0.2, 0.25) is 10.0 Å². The van der Waals surface area contributed by atoms with Crippen LogP contribution in [0.1, 0.15) is 24.1 Å². The second-order valence-electron chi connectivity index (χ2n) is 4.28. The van der Waals surface area contributed by atoms with Crippen molar-refractivity contribution in [1.29, 1.82) is 0 Å². The van der Waals surface area contributed by atoms with Crippen molar-refractivity contribution in [2.45, 2.75) is 13.0 Å². The van der Waals surface area contributed by atoms with Crippen molar-refractivity contribution in [3.05, 3.63) is 57.8 Å². The van der Waals surface area contributed by atoms with E-state index in [1.54, 1.807) is 25.6 Å². The molecule has 2 rings (SSSR count). The third kappa shape index (κ3) is 3.23. The van der Waals surface area contributed by atoms with E-state index >= 15 is 0 Å². The third-order valence-electron chi connectivity index (χ3n) is 3.03. The predicted octanol–water partition coefficient (Wildman–Crippen LogP) is 4.10. The number of aromatic nitrogens is 1. The number of rotatable bonds is 5. The molecule has 0 saturated carbocycles. The van der Waals surface area contributed by atoms with Gasteiger partial charge in [0, 0.05) is 11.8 Å². The Labute approximate surface area is 128 Å². The van der Waals surface area contributed by atoms with Gasteiger partial charge in [-0.2, -0.15) is 0 Å². The molecule has 1 unspecified atom stereocenters. The van der Waals surface area contributed by atoms with Crippen molar-refractivity contribution >= 4 is 23.2 Å². The van der Waals surface area contributed by atoms with Crippen LogP contribution in [0.15, 0.2) is 36.7 Å². The molecule has 1 aromatic heterocycles. The topological polar surface area (TPSA) is 34.2 Å². The van der Waals surface area contributed by atoms with E-state index in [2.05, 4.69) is 17.2 Å². The monoisotopic (exact) mass is 310 g/mol. The van der Waals surface area contributed by atoms with Crippen LogP contribution in [0.3, 0.4) is 0 Å². The van der Waals surface area contributed by atoms with E-state index in [0.29, 0.717) is 10.0 Å². The van der Waals surface area contributed by atoms with Gasteiger partial charge < -0.3 is 10.1 Å². The third-order valence-corrected chi connectivity index (χ3v) is 3.77. The number of hydrogen-bond acceptors (Lipinski definition) is 3. The van der Waals surface area contributed by atoms with Gasteiger partial charge in [0.2, 0.25) is 0 Å². The Kier molecular flexibility index (Phi) is 5.24. The first-order valence-corrected chi connectivity index (χ1v) is 7.09. The maximum Gasteiger partial charge on any atom is 0.142 e. The van der Waals surface area contributed by atoms with Crippen LogP contribution in [0, 0.1) is 0 Å². The molecular weight excluding hydrogens is 295 g/mol. The van der Waals surface area contributed by atoms with E-state index in [1.165, 1.54) is 0 Å². The number of hydrogen-bond donors (Lipinski definition) is 1. The first-order valence-electron chi connectivity index (χ1n) is 6.33. The number of benzene rings is 1. The highest BCUT2D eigenvalue weighted by Gasteiger charge is 2.18. The summed E-state index contributed by atoms with van der Waals surface area (Å²) in [6.45, 7) is 2.87. The molecule has 106 valence electrons. The van der Waals surface area contributed by atoms with Gasteiger partial charge in [-0.05, 0) is 30.3 Å². The zero-order valence-electron chi connectivity index (χ0n) is 11.4. The molecule has 1 aromatic carbocycles. The first-order chi connectivity index (χ1) is 9.67. The highest BCUT2D eigenvalue weighted by Crippen LogP contribution is 2.32. The highest BCUT2D eigenvalue weighted by molar-refractivity contribution is 6.42. The van der Waals surface area contributed by atoms with Gasteiger partial charge in [0.05, 0.1) is 29.4 Å². The Morgan fingerprint density at radius 2 is 2.05 bits per heavy atom. The molecule has 0 spiro atoms. The highest BCUT2D eigenvalue weighted by atomic mass is 35.5. The lowest BCUT2D eigenvalue weighted by Gasteiger charge is -2.21. The average molecular weight is 311 g/mol. The van der Waals surface area contributed by atoms with E-state index in [1.807, 2.05) is 18.2 Å². The Bertz CT molecular complexity index is 590. The smallest absolute Gasteiger partial charge is 0.142 e. The molecule has 0 saturated heterocycles. The lowest BCUT2D eigenvalue weighted by atomic mass is 9.99. The van der Waals surface area contributed by atoms with Crippen LogP contribution in [0.4, 0.5) is 0 Å². The lowest BCUT2D eigenvalue weighted by molar-refractivity contribution is 0.402. The van der Waals surface area contributed by atoms with E-state index in [4.69, 9.17) is 27.9 Å². The first kappa shape index (κ1) is 15.1. The zero-order chi connectivity index (χ0) is 14.5. The van der Waals surface area contributed by atoms with Crippen LogP contribution in [0.25, 0.3) is 0 Å². The Morgan fingerprint density at radius 3 is 2.70 bits per heavy atom. The minimum atomic E-state index is -0.0206. The van der Waals surface area contributed by atoms with E-state index in [9.17, 15) is 0 Å². The van der Waals surface area contributed by atoms with Gasteiger partial charge in [-0.3, -0.25) is 4.98 Å². The quantitative estimate of drug-likeness (QED) is 0.903. The number of halogens is 2. The molecule has 0 bridgehead atoms. The second-order valence-corrected chi connectivity index (χ2v) is 5.10. The van der Waals surface area contributed by atoms with Gasteiger partial charge in [0.1, 0.15) is 5.75 Å². The fourth-order valence-corrected chi connectivity index (χ4v) is 2.41. The molecule has 0 aliphatic rings. The van der Waals surface area contributed by atoms with Crippen LogP contribution >= 0.6 is 23.2 Å². The Morgan fingerprint density at radius 1 is 1.25 bits per heavy atom. The zero-order valence-corrected chi connectivity index (χ0v) is 12.9. The van der Waals surface area contributed by atoms with Gasteiger partial charge in [-0.25, -0.2) is 0 Å². The predicted molar refractivity (Wildman–Crippen MR) is 82.8 cm³/mol. The summed E-state index contributed by atoms with van der Waals surface area (Å²) in [5.74, 6) is 0.740. The SMILES string of the molecule is CCNC(c1ccc(Cl)c(Cl)c1)c1ccncc1OC. The molecular formula is C15H16Cl2N2O. The van der Waals surface area contributed by atoms with Crippen LogP contribution < -0.4 is 10.1 Å². The minimum absolute atomic E-state index is 0.0206. The summed E-state index contributed by atoms with van der Waals surface area (Å²) >= 11 is 12.1. The van der Waals surface area contributed by atoms with Crippen molar-refractivity contribution in [2.24, 2.45) is 0 Å². The van der Waals surface area contributed by atoms with Crippen molar-refractivity contribution in [1.82, 2.24) is 10.3 Å². The summed E-state index contributed by atoms with van der Waals surface area (Å²) in [6, 6.07) is 7.55. The molecule has 5 heteroatoms. The summed E-state index contributed by atoms with van der Waals surface area (Å²) in [7, 11) is 1.64. The van der Waals surface area contributed by atoms with Gasteiger partial charge in [0.15, 0.2) is 0 Å². The molecule has 3 nitrogen and oxygen atoms in total. The van der Waals surface area contributed by atoms with Gasteiger partial charge in [0.25, 0.3) is 0 Å². The maximum atomic E-state index is 6.12. The van der Waals surface area contributed by atoms with Gasteiger partial charge in [-0.15, -0.1) is 0 Å². The van der Waals surface area contributed by atoms with Gasteiger partial charge in [-0.1, -0.05) is 36.2 Å². The standard InChI is InChI=1S/C15H16Cl2N2O/c1-3-19-15(10-4-5-12(16)13(17)8-10)11-6-7-18-9-14(11)20-2/h4-9,15,19H,3H2,1-2H3. The average Bonchev–Trinajstić information content (AvgIpc) is 2.48. The number of pyridine rings is 1. The van der Waals surface area contributed by atoms with E-state index < -0.39 is 0 Å². The Hall–Kier alpha value is -1.29. The molecule has 20 heavy (non-hydrogen) atoms. The van der Waals surface area contributed by atoms with Crippen molar-refractivity contribution in [2.75, 3.05) is 13.7 Å². The molecule has 1 atom stereocenters. The number of nitrogens with one attached hydrogen (secondary N) is 1.